The van der Waals surface area contributed by atoms with Crippen LogP contribution in [0.3, 0.4) is 0 Å². The molecule has 0 radical (unpaired) electrons. The van der Waals surface area contributed by atoms with Crippen molar-refractivity contribution in [2.45, 2.75) is 32.7 Å². The van der Waals surface area contributed by atoms with Crippen molar-refractivity contribution >= 4 is 16.8 Å². The summed E-state index contributed by atoms with van der Waals surface area (Å²) in [5.41, 5.74) is 4.47. The van der Waals surface area contributed by atoms with E-state index in [0.717, 1.165) is 47.2 Å². The molecular formula is C24H27N3O2. The van der Waals surface area contributed by atoms with Crippen molar-refractivity contribution in [3.05, 3.63) is 70.0 Å². The van der Waals surface area contributed by atoms with Crippen molar-refractivity contribution in [2.75, 3.05) is 19.6 Å². The predicted octanol–water partition coefficient (Wildman–Crippen LogP) is 3.72. The van der Waals surface area contributed by atoms with Gasteiger partial charge in [-0.3, -0.25) is 9.59 Å². The van der Waals surface area contributed by atoms with Crippen LogP contribution in [-0.4, -0.2) is 41.5 Å². The van der Waals surface area contributed by atoms with Gasteiger partial charge in [-0.1, -0.05) is 18.2 Å². The van der Waals surface area contributed by atoms with E-state index < -0.39 is 0 Å². The van der Waals surface area contributed by atoms with E-state index in [-0.39, 0.29) is 17.5 Å². The SMILES string of the molecule is Cc1cc(=O)[nH]c2ccc(-c3ccc(C(=O)N[C@H](C)CN4CCCC4)cc3)cc12. The number of rotatable bonds is 5. The van der Waals surface area contributed by atoms with E-state index >= 15 is 0 Å². The summed E-state index contributed by atoms with van der Waals surface area (Å²) in [4.78, 5) is 29.5. The maximum absolute atomic E-state index is 12.6. The minimum Gasteiger partial charge on any atom is -0.348 e. The molecule has 1 saturated heterocycles. The van der Waals surface area contributed by atoms with E-state index in [9.17, 15) is 9.59 Å². The lowest BCUT2D eigenvalue weighted by molar-refractivity contribution is 0.0932. The average molecular weight is 389 g/mol. The molecule has 29 heavy (non-hydrogen) atoms. The van der Waals surface area contributed by atoms with E-state index in [1.165, 1.54) is 12.8 Å². The third kappa shape index (κ3) is 4.40. The second-order valence-electron chi connectivity index (χ2n) is 8.04. The molecule has 1 aliphatic rings. The minimum atomic E-state index is -0.0860. The molecule has 2 N–H and O–H groups in total. The monoisotopic (exact) mass is 389 g/mol. The number of hydrogen-bond acceptors (Lipinski definition) is 3. The highest BCUT2D eigenvalue weighted by Gasteiger charge is 2.16. The van der Waals surface area contributed by atoms with Crippen molar-refractivity contribution in [3.8, 4) is 11.1 Å². The van der Waals surface area contributed by atoms with E-state index in [4.69, 9.17) is 0 Å². The Morgan fingerprint density at radius 1 is 1.07 bits per heavy atom. The fourth-order valence-electron chi connectivity index (χ4n) is 4.12. The van der Waals surface area contributed by atoms with Crippen LogP contribution >= 0.6 is 0 Å². The van der Waals surface area contributed by atoms with Crippen LogP contribution in [0.2, 0.25) is 0 Å². The van der Waals surface area contributed by atoms with Crippen LogP contribution in [0.4, 0.5) is 0 Å². The Balaban J connectivity index is 1.48. The number of carbonyl (C=O) groups excluding carboxylic acids is 1. The van der Waals surface area contributed by atoms with Gasteiger partial charge in [-0.2, -0.15) is 0 Å². The molecule has 5 heteroatoms. The molecule has 2 aromatic carbocycles. The number of amides is 1. The number of nitrogens with one attached hydrogen (secondary N) is 2. The number of fused-ring (bicyclic) bond motifs is 1. The second-order valence-corrected chi connectivity index (χ2v) is 8.04. The summed E-state index contributed by atoms with van der Waals surface area (Å²) in [5, 5.41) is 4.13. The fraction of sp³-hybridized carbons (Fsp3) is 0.333. The topological polar surface area (TPSA) is 65.2 Å². The normalized spacial score (nSPS) is 15.5. The number of likely N-dealkylation sites (tertiary alicyclic amines) is 1. The summed E-state index contributed by atoms with van der Waals surface area (Å²) in [6.45, 7) is 7.18. The Morgan fingerprint density at radius 2 is 1.76 bits per heavy atom. The maximum Gasteiger partial charge on any atom is 0.251 e. The van der Waals surface area contributed by atoms with E-state index in [1.54, 1.807) is 6.07 Å². The molecule has 0 aliphatic carbocycles. The van der Waals surface area contributed by atoms with E-state index in [1.807, 2.05) is 43.3 Å². The summed E-state index contributed by atoms with van der Waals surface area (Å²) in [6, 6.07) is 15.4. The van der Waals surface area contributed by atoms with Gasteiger partial charge in [-0.25, -0.2) is 0 Å². The summed E-state index contributed by atoms with van der Waals surface area (Å²) in [5.74, 6) is -0.0322. The van der Waals surface area contributed by atoms with Crippen molar-refractivity contribution < 1.29 is 4.79 Å². The highest BCUT2D eigenvalue weighted by molar-refractivity contribution is 5.95. The van der Waals surface area contributed by atoms with Gasteiger partial charge < -0.3 is 15.2 Å². The molecule has 2 heterocycles. The summed E-state index contributed by atoms with van der Waals surface area (Å²) in [6.07, 6.45) is 2.51. The molecule has 3 aromatic rings. The van der Waals surface area contributed by atoms with Crippen molar-refractivity contribution in [1.29, 1.82) is 0 Å². The lowest BCUT2D eigenvalue weighted by atomic mass is 10.00. The van der Waals surface area contributed by atoms with Crippen LogP contribution in [0.15, 0.2) is 53.3 Å². The third-order valence-corrected chi connectivity index (χ3v) is 5.64. The Morgan fingerprint density at radius 3 is 2.48 bits per heavy atom. The number of pyridine rings is 1. The molecule has 0 unspecified atom stereocenters. The quantitative estimate of drug-likeness (QED) is 0.699. The first-order chi connectivity index (χ1) is 14.0. The van der Waals surface area contributed by atoms with Crippen LogP contribution in [0.1, 0.15) is 35.7 Å². The first-order valence-corrected chi connectivity index (χ1v) is 10.3. The number of benzene rings is 2. The van der Waals surface area contributed by atoms with Crippen LogP contribution in [0.25, 0.3) is 22.0 Å². The first kappa shape index (κ1) is 19.4. The Labute approximate surface area is 170 Å². The van der Waals surface area contributed by atoms with Crippen LogP contribution < -0.4 is 10.9 Å². The van der Waals surface area contributed by atoms with Gasteiger partial charge in [0.05, 0.1) is 0 Å². The molecule has 1 amide bonds. The number of nitrogens with zero attached hydrogens (tertiary/aromatic N) is 1. The number of aromatic nitrogens is 1. The Kier molecular flexibility index (Phi) is 5.49. The molecule has 0 bridgehead atoms. The van der Waals surface area contributed by atoms with Crippen LogP contribution in [-0.2, 0) is 0 Å². The van der Waals surface area contributed by atoms with Gasteiger partial charge in [-0.05, 0) is 80.7 Å². The van der Waals surface area contributed by atoms with Gasteiger partial charge in [0.25, 0.3) is 5.91 Å². The summed E-state index contributed by atoms with van der Waals surface area (Å²) >= 11 is 0. The van der Waals surface area contributed by atoms with E-state index in [2.05, 4.69) is 28.2 Å². The van der Waals surface area contributed by atoms with Gasteiger partial charge >= 0.3 is 0 Å². The van der Waals surface area contributed by atoms with Crippen molar-refractivity contribution in [2.24, 2.45) is 0 Å². The number of hydrogen-bond donors (Lipinski definition) is 2. The zero-order valence-corrected chi connectivity index (χ0v) is 17.0. The van der Waals surface area contributed by atoms with Gasteiger partial charge in [0.2, 0.25) is 5.56 Å². The zero-order valence-electron chi connectivity index (χ0n) is 17.0. The van der Waals surface area contributed by atoms with Crippen molar-refractivity contribution in [1.82, 2.24) is 15.2 Å². The standard InChI is InChI=1S/C24H27N3O2/c1-16-13-23(28)26-22-10-9-20(14-21(16)22)18-5-7-19(8-6-18)24(29)25-17(2)15-27-11-3-4-12-27/h5-10,13-14,17H,3-4,11-12,15H2,1-2H3,(H,25,29)(H,26,28)/t17-/m1/s1. The average Bonchev–Trinajstić information content (AvgIpc) is 3.20. The highest BCUT2D eigenvalue weighted by atomic mass is 16.1. The lowest BCUT2D eigenvalue weighted by Crippen LogP contribution is -2.41. The van der Waals surface area contributed by atoms with Crippen LogP contribution in [0, 0.1) is 6.92 Å². The molecule has 1 aliphatic heterocycles. The second kappa shape index (κ2) is 8.21. The first-order valence-electron chi connectivity index (χ1n) is 10.3. The molecule has 5 nitrogen and oxygen atoms in total. The molecule has 1 atom stereocenters. The molecule has 150 valence electrons. The summed E-state index contributed by atoms with van der Waals surface area (Å²) < 4.78 is 0. The molecule has 4 rings (SSSR count). The third-order valence-electron chi connectivity index (χ3n) is 5.64. The molecule has 1 fully saturated rings. The zero-order chi connectivity index (χ0) is 20.4. The fourth-order valence-corrected chi connectivity index (χ4v) is 4.12. The van der Waals surface area contributed by atoms with Gasteiger partial charge in [0.15, 0.2) is 0 Å². The maximum atomic E-state index is 12.6. The highest BCUT2D eigenvalue weighted by Crippen LogP contribution is 2.25. The smallest absolute Gasteiger partial charge is 0.251 e. The number of aryl methyl sites for hydroxylation is 1. The molecule has 0 saturated carbocycles. The number of carbonyl (C=O) groups is 1. The largest absolute Gasteiger partial charge is 0.348 e. The van der Waals surface area contributed by atoms with Gasteiger partial charge in [0.1, 0.15) is 0 Å². The van der Waals surface area contributed by atoms with Gasteiger partial charge in [0, 0.05) is 35.1 Å². The van der Waals surface area contributed by atoms with Gasteiger partial charge in [-0.15, -0.1) is 0 Å². The van der Waals surface area contributed by atoms with E-state index in [0.29, 0.717) is 5.56 Å². The van der Waals surface area contributed by atoms with Crippen molar-refractivity contribution in [3.63, 3.8) is 0 Å². The molecule has 0 spiro atoms. The lowest BCUT2D eigenvalue weighted by Gasteiger charge is -2.21. The minimum absolute atomic E-state index is 0.0322. The number of aromatic amines is 1. The Bertz CT molecular complexity index is 1080. The molecule has 1 aromatic heterocycles. The number of H-pyrrole nitrogens is 1. The Hall–Kier alpha value is -2.92. The predicted molar refractivity (Wildman–Crippen MR) is 117 cm³/mol. The molecular weight excluding hydrogens is 362 g/mol. The van der Waals surface area contributed by atoms with Crippen LogP contribution in [0.5, 0.6) is 0 Å². The summed E-state index contributed by atoms with van der Waals surface area (Å²) in [7, 11) is 0.